The van der Waals surface area contributed by atoms with Crippen LogP contribution >= 0.6 is 0 Å². The van der Waals surface area contributed by atoms with E-state index in [4.69, 9.17) is 4.74 Å². The smallest absolute Gasteiger partial charge is 0.233 e. The topological polar surface area (TPSA) is 55.3 Å². The van der Waals surface area contributed by atoms with E-state index >= 15 is 0 Å². The van der Waals surface area contributed by atoms with Crippen LogP contribution in [0.25, 0.3) is 0 Å². The molecule has 0 aliphatic carbocycles. The zero-order valence-corrected chi connectivity index (χ0v) is 15.8. The molecular weight excluding hydrogens is 326 g/mol. The Bertz CT molecular complexity index is 723. The quantitative estimate of drug-likeness (QED) is 0.828. The molecule has 2 aromatic rings. The van der Waals surface area contributed by atoms with Gasteiger partial charge in [0.2, 0.25) is 11.8 Å². The van der Waals surface area contributed by atoms with Gasteiger partial charge in [-0.3, -0.25) is 4.79 Å². The number of aromatic nitrogens is 2. The van der Waals surface area contributed by atoms with Gasteiger partial charge in [-0.05, 0) is 18.1 Å². The van der Waals surface area contributed by atoms with Crippen LogP contribution in [0.15, 0.2) is 42.5 Å². The molecule has 1 amide bonds. The molecule has 1 aliphatic rings. The van der Waals surface area contributed by atoms with Crippen molar-refractivity contribution in [1.82, 2.24) is 15.1 Å². The second-order valence-electron chi connectivity index (χ2n) is 7.97. The van der Waals surface area contributed by atoms with Crippen LogP contribution in [0.1, 0.15) is 38.4 Å². The van der Waals surface area contributed by atoms with Crippen LogP contribution in [-0.4, -0.2) is 40.7 Å². The second-order valence-corrected chi connectivity index (χ2v) is 7.97. The van der Waals surface area contributed by atoms with Crippen molar-refractivity contribution in [2.24, 2.45) is 5.92 Å². The fourth-order valence-corrected chi connectivity index (χ4v) is 3.08. The van der Waals surface area contributed by atoms with Crippen LogP contribution in [0.4, 0.5) is 0 Å². The van der Waals surface area contributed by atoms with Gasteiger partial charge in [-0.15, -0.1) is 5.10 Å². The summed E-state index contributed by atoms with van der Waals surface area (Å²) in [6.45, 7) is 8.44. The highest BCUT2D eigenvalue weighted by molar-refractivity contribution is 5.79. The zero-order valence-electron chi connectivity index (χ0n) is 15.8. The Morgan fingerprint density at radius 2 is 1.92 bits per heavy atom. The van der Waals surface area contributed by atoms with Crippen LogP contribution in [0.2, 0.25) is 0 Å². The maximum absolute atomic E-state index is 12.4. The molecule has 5 nitrogen and oxygen atoms in total. The maximum Gasteiger partial charge on any atom is 0.233 e. The monoisotopic (exact) mass is 353 g/mol. The summed E-state index contributed by atoms with van der Waals surface area (Å²) < 4.78 is 5.79. The van der Waals surface area contributed by atoms with Gasteiger partial charge in [-0.25, -0.2) is 0 Å². The van der Waals surface area contributed by atoms with Crippen molar-refractivity contribution in [1.29, 1.82) is 0 Å². The number of carbonyl (C=O) groups excluding carboxylic acids is 1. The van der Waals surface area contributed by atoms with Gasteiger partial charge in [0.1, 0.15) is 0 Å². The summed E-state index contributed by atoms with van der Waals surface area (Å²) in [4.78, 5) is 14.4. The lowest BCUT2D eigenvalue weighted by Gasteiger charge is -2.18. The van der Waals surface area contributed by atoms with Gasteiger partial charge in [-0.2, -0.15) is 5.10 Å². The zero-order chi connectivity index (χ0) is 18.6. The summed E-state index contributed by atoms with van der Waals surface area (Å²) in [5.74, 6) is 1.08. The summed E-state index contributed by atoms with van der Waals surface area (Å²) in [5, 5.41) is 8.41. The average molecular weight is 353 g/mol. The van der Waals surface area contributed by atoms with Crippen molar-refractivity contribution in [3.05, 3.63) is 53.7 Å². The minimum atomic E-state index is -0.0173. The molecular formula is C21H27N3O2. The van der Waals surface area contributed by atoms with E-state index in [1.54, 1.807) is 0 Å². The van der Waals surface area contributed by atoms with Gasteiger partial charge in [0, 0.05) is 30.5 Å². The van der Waals surface area contributed by atoms with Gasteiger partial charge in [0.05, 0.1) is 18.7 Å². The first-order valence-corrected chi connectivity index (χ1v) is 9.20. The third-order valence-electron chi connectivity index (χ3n) is 4.71. The van der Waals surface area contributed by atoms with E-state index in [1.807, 2.05) is 47.4 Å². The number of hydrogen-bond donors (Lipinski definition) is 0. The lowest BCUT2D eigenvalue weighted by Crippen LogP contribution is -2.30. The molecule has 3 rings (SSSR count). The molecule has 1 aromatic heterocycles. The molecule has 0 bridgehead atoms. The molecule has 2 heterocycles. The number of ether oxygens (including phenoxy) is 1. The number of likely N-dealkylation sites (tertiary alicyclic amines) is 1. The maximum atomic E-state index is 12.4. The summed E-state index contributed by atoms with van der Waals surface area (Å²) >= 11 is 0. The first-order chi connectivity index (χ1) is 12.4. The van der Waals surface area contributed by atoms with Crippen molar-refractivity contribution in [3.8, 4) is 5.88 Å². The largest absolute Gasteiger partial charge is 0.476 e. The lowest BCUT2D eigenvalue weighted by atomic mass is 9.92. The normalized spacial score (nSPS) is 17.3. The standard InChI is InChI=1S/C21H27N3O2/c1-21(2,3)18-9-10-19(23-22-18)26-15-17-11-12-24(14-17)20(25)13-16-7-5-4-6-8-16/h4-10,17H,11-15H2,1-3H3. The van der Waals surface area contributed by atoms with Crippen molar-refractivity contribution in [2.45, 2.75) is 39.0 Å². The summed E-state index contributed by atoms with van der Waals surface area (Å²) in [6, 6.07) is 13.7. The number of hydrogen-bond acceptors (Lipinski definition) is 4. The van der Waals surface area contributed by atoms with Crippen LogP contribution in [0.3, 0.4) is 0 Å². The van der Waals surface area contributed by atoms with Crippen molar-refractivity contribution >= 4 is 5.91 Å². The Kier molecular flexibility index (Phi) is 5.55. The molecule has 1 atom stereocenters. The fraction of sp³-hybridized carbons (Fsp3) is 0.476. The molecule has 0 spiro atoms. The van der Waals surface area contributed by atoms with E-state index in [9.17, 15) is 4.79 Å². The Morgan fingerprint density at radius 3 is 2.58 bits per heavy atom. The fourth-order valence-electron chi connectivity index (χ4n) is 3.08. The van der Waals surface area contributed by atoms with Crippen LogP contribution in [0.5, 0.6) is 5.88 Å². The van der Waals surface area contributed by atoms with Gasteiger partial charge < -0.3 is 9.64 Å². The third kappa shape index (κ3) is 4.81. The van der Waals surface area contributed by atoms with Gasteiger partial charge in [0.15, 0.2) is 0 Å². The lowest BCUT2D eigenvalue weighted by molar-refractivity contribution is -0.129. The van der Waals surface area contributed by atoms with E-state index in [0.29, 0.717) is 24.8 Å². The summed E-state index contributed by atoms with van der Waals surface area (Å²) in [5.41, 5.74) is 1.99. The van der Waals surface area contributed by atoms with E-state index in [1.165, 1.54) is 0 Å². The minimum absolute atomic E-state index is 0.0173. The Labute approximate surface area is 155 Å². The minimum Gasteiger partial charge on any atom is -0.476 e. The number of nitrogens with zero attached hydrogens (tertiary/aromatic N) is 3. The molecule has 26 heavy (non-hydrogen) atoms. The first-order valence-electron chi connectivity index (χ1n) is 9.20. The molecule has 1 aromatic carbocycles. The molecule has 1 unspecified atom stereocenters. The highest BCUT2D eigenvalue weighted by atomic mass is 16.5. The molecule has 0 N–H and O–H groups in total. The average Bonchev–Trinajstić information content (AvgIpc) is 3.10. The van der Waals surface area contributed by atoms with Gasteiger partial charge >= 0.3 is 0 Å². The Balaban J connectivity index is 1.46. The predicted octanol–water partition coefficient (Wildman–Crippen LogP) is 3.24. The Morgan fingerprint density at radius 1 is 1.15 bits per heavy atom. The Hall–Kier alpha value is -2.43. The van der Waals surface area contributed by atoms with Crippen LogP contribution in [-0.2, 0) is 16.6 Å². The number of rotatable bonds is 5. The van der Waals surface area contributed by atoms with Crippen molar-refractivity contribution < 1.29 is 9.53 Å². The molecule has 0 radical (unpaired) electrons. The first kappa shape index (κ1) is 18.4. The van der Waals surface area contributed by atoms with E-state index in [2.05, 4.69) is 31.0 Å². The van der Waals surface area contributed by atoms with E-state index in [0.717, 1.165) is 30.8 Å². The SMILES string of the molecule is CC(C)(C)c1ccc(OCC2CCN(C(=O)Cc3ccccc3)C2)nn1. The highest BCUT2D eigenvalue weighted by Gasteiger charge is 2.26. The van der Waals surface area contributed by atoms with Crippen molar-refractivity contribution in [2.75, 3.05) is 19.7 Å². The van der Waals surface area contributed by atoms with E-state index < -0.39 is 0 Å². The second kappa shape index (κ2) is 7.85. The molecule has 5 heteroatoms. The third-order valence-corrected chi connectivity index (χ3v) is 4.71. The van der Waals surface area contributed by atoms with Crippen LogP contribution in [0, 0.1) is 5.92 Å². The van der Waals surface area contributed by atoms with E-state index in [-0.39, 0.29) is 11.3 Å². The van der Waals surface area contributed by atoms with Gasteiger partial charge in [-0.1, -0.05) is 51.1 Å². The molecule has 1 aliphatic heterocycles. The summed E-state index contributed by atoms with van der Waals surface area (Å²) in [6.07, 6.45) is 1.43. The molecule has 1 fully saturated rings. The summed E-state index contributed by atoms with van der Waals surface area (Å²) in [7, 11) is 0. The number of benzene rings is 1. The number of amides is 1. The molecule has 138 valence electrons. The molecule has 0 saturated carbocycles. The predicted molar refractivity (Wildman–Crippen MR) is 101 cm³/mol. The van der Waals surface area contributed by atoms with Gasteiger partial charge in [0.25, 0.3) is 0 Å². The van der Waals surface area contributed by atoms with Crippen molar-refractivity contribution in [3.63, 3.8) is 0 Å². The molecule has 1 saturated heterocycles. The van der Waals surface area contributed by atoms with Crippen LogP contribution < -0.4 is 4.74 Å². The number of carbonyl (C=O) groups is 1. The highest BCUT2D eigenvalue weighted by Crippen LogP contribution is 2.22.